The first-order valence-corrected chi connectivity index (χ1v) is 7.06. The van der Waals surface area contributed by atoms with Gasteiger partial charge in [-0.05, 0) is 24.7 Å². The van der Waals surface area contributed by atoms with Crippen LogP contribution in [-0.4, -0.2) is 23.5 Å². The van der Waals surface area contributed by atoms with Crippen LogP contribution in [0.3, 0.4) is 0 Å². The quantitative estimate of drug-likeness (QED) is 0.735. The van der Waals surface area contributed by atoms with Crippen LogP contribution < -0.4 is 5.32 Å². The van der Waals surface area contributed by atoms with Crippen LogP contribution >= 0.6 is 0 Å². The van der Waals surface area contributed by atoms with Crippen molar-refractivity contribution >= 4 is 11.9 Å². The maximum atomic E-state index is 11.6. The van der Waals surface area contributed by atoms with Crippen molar-refractivity contribution in [2.45, 2.75) is 64.7 Å². The predicted molar refractivity (Wildman–Crippen MR) is 70.3 cm³/mol. The molecule has 0 bridgehead atoms. The Bertz CT molecular complexity index is 283. The molecule has 0 atom stereocenters. The van der Waals surface area contributed by atoms with E-state index >= 15 is 0 Å². The second kappa shape index (κ2) is 7.39. The number of carboxylic acid groups (broad SMARTS) is 1. The smallest absolute Gasteiger partial charge is 0.303 e. The molecule has 1 amide bonds. The molecule has 18 heavy (non-hydrogen) atoms. The van der Waals surface area contributed by atoms with Gasteiger partial charge < -0.3 is 10.4 Å². The monoisotopic (exact) mass is 255 g/mol. The highest BCUT2D eigenvalue weighted by molar-refractivity contribution is 5.76. The first-order chi connectivity index (χ1) is 8.58. The lowest BCUT2D eigenvalue weighted by molar-refractivity contribution is -0.140. The van der Waals surface area contributed by atoms with Crippen LogP contribution in [0.4, 0.5) is 0 Å². The summed E-state index contributed by atoms with van der Waals surface area (Å²) < 4.78 is 0. The molecule has 1 saturated carbocycles. The summed E-state index contributed by atoms with van der Waals surface area (Å²) in [7, 11) is 0. The van der Waals surface area contributed by atoms with Gasteiger partial charge in [0.25, 0.3) is 0 Å². The summed E-state index contributed by atoms with van der Waals surface area (Å²) in [5.41, 5.74) is -0.202. The van der Waals surface area contributed by atoms with E-state index in [0.717, 1.165) is 38.5 Å². The van der Waals surface area contributed by atoms with Crippen LogP contribution in [0.1, 0.15) is 64.7 Å². The molecule has 1 fully saturated rings. The number of amides is 1. The van der Waals surface area contributed by atoms with Gasteiger partial charge in [-0.15, -0.1) is 0 Å². The first kappa shape index (κ1) is 15.0. The fourth-order valence-corrected chi connectivity index (χ4v) is 2.75. The largest absolute Gasteiger partial charge is 0.481 e. The van der Waals surface area contributed by atoms with Crippen molar-refractivity contribution in [1.82, 2.24) is 5.32 Å². The normalized spacial score (nSPS) is 18.3. The molecule has 2 N–H and O–H groups in total. The third-order valence-electron chi connectivity index (χ3n) is 3.86. The molecule has 0 heterocycles. The summed E-state index contributed by atoms with van der Waals surface area (Å²) in [5.74, 6) is -0.688. The first-order valence-electron chi connectivity index (χ1n) is 7.06. The van der Waals surface area contributed by atoms with Crippen LogP contribution in [0.15, 0.2) is 0 Å². The zero-order valence-corrected chi connectivity index (χ0v) is 11.3. The Morgan fingerprint density at radius 3 is 2.44 bits per heavy atom. The summed E-state index contributed by atoms with van der Waals surface area (Å²) in [5, 5.41) is 12.0. The number of carbonyl (C=O) groups excluding carboxylic acids is 1. The van der Waals surface area contributed by atoms with Crippen molar-refractivity contribution in [2.75, 3.05) is 6.54 Å². The Morgan fingerprint density at radius 2 is 1.89 bits per heavy atom. The van der Waals surface area contributed by atoms with E-state index in [1.54, 1.807) is 0 Å². The molecule has 0 aromatic rings. The minimum absolute atomic E-state index is 0.0622. The van der Waals surface area contributed by atoms with Crippen LogP contribution in [-0.2, 0) is 9.59 Å². The molecule has 4 heteroatoms. The van der Waals surface area contributed by atoms with Gasteiger partial charge in [-0.1, -0.05) is 32.6 Å². The number of nitrogens with one attached hydrogen (secondary N) is 1. The number of hydrogen-bond acceptors (Lipinski definition) is 2. The van der Waals surface area contributed by atoms with Crippen LogP contribution in [0, 0.1) is 5.41 Å². The lowest BCUT2D eigenvalue weighted by Crippen LogP contribution is -2.40. The summed E-state index contributed by atoms with van der Waals surface area (Å²) in [6, 6.07) is 0. The van der Waals surface area contributed by atoms with E-state index in [1.165, 1.54) is 6.42 Å². The maximum Gasteiger partial charge on any atom is 0.303 e. The van der Waals surface area contributed by atoms with Gasteiger partial charge in [0.15, 0.2) is 0 Å². The summed E-state index contributed by atoms with van der Waals surface area (Å²) >= 11 is 0. The van der Waals surface area contributed by atoms with Gasteiger partial charge in [-0.2, -0.15) is 0 Å². The van der Waals surface area contributed by atoms with Gasteiger partial charge in [0, 0.05) is 13.0 Å². The summed E-state index contributed by atoms with van der Waals surface area (Å²) in [4.78, 5) is 22.6. The Balaban J connectivity index is 2.45. The number of rotatable bonds is 7. The number of carboxylic acids is 1. The fourth-order valence-electron chi connectivity index (χ4n) is 2.75. The third kappa shape index (κ3) is 5.07. The zero-order valence-electron chi connectivity index (χ0n) is 11.3. The van der Waals surface area contributed by atoms with E-state index in [4.69, 9.17) is 5.11 Å². The molecule has 0 aliphatic heterocycles. The Hall–Kier alpha value is -1.06. The topological polar surface area (TPSA) is 66.4 Å². The van der Waals surface area contributed by atoms with E-state index in [9.17, 15) is 9.59 Å². The Kier molecular flexibility index (Phi) is 6.16. The maximum absolute atomic E-state index is 11.6. The number of unbranched alkanes of at least 4 members (excludes halogenated alkanes) is 1. The van der Waals surface area contributed by atoms with Crippen molar-refractivity contribution in [3.05, 3.63) is 0 Å². The average Bonchev–Trinajstić information content (AvgIpc) is 2.34. The van der Waals surface area contributed by atoms with Gasteiger partial charge in [0.2, 0.25) is 5.91 Å². The molecular weight excluding hydrogens is 230 g/mol. The Labute approximate surface area is 109 Å². The van der Waals surface area contributed by atoms with Crippen molar-refractivity contribution in [1.29, 1.82) is 0 Å². The second-order valence-electron chi connectivity index (χ2n) is 5.51. The number of carbonyl (C=O) groups is 2. The second-order valence-corrected chi connectivity index (χ2v) is 5.51. The summed E-state index contributed by atoms with van der Waals surface area (Å²) in [6.07, 6.45) is 7.84. The van der Waals surface area contributed by atoms with E-state index < -0.39 is 5.97 Å². The van der Waals surface area contributed by atoms with Crippen LogP contribution in [0.2, 0.25) is 0 Å². The molecule has 1 aliphatic carbocycles. The van der Waals surface area contributed by atoms with Crippen molar-refractivity contribution < 1.29 is 14.7 Å². The number of hydrogen-bond donors (Lipinski definition) is 2. The minimum atomic E-state index is -0.750. The predicted octanol–water partition coefficient (Wildman–Crippen LogP) is 2.72. The van der Waals surface area contributed by atoms with Gasteiger partial charge in [-0.3, -0.25) is 9.59 Å². The van der Waals surface area contributed by atoms with Crippen LogP contribution in [0.25, 0.3) is 0 Å². The lowest BCUT2D eigenvalue weighted by Gasteiger charge is -2.36. The molecule has 0 aromatic heterocycles. The highest BCUT2D eigenvalue weighted by Crippen LogP contribution is 2.38. The Morgan fingerprint density at radius 1 is 1.22 bits per heavy atom. The highest BCUT2D eigenvalue weighted by atomic mass is 16.4. The number of aliphatic carboxylic acids is 1. The zero-order chi connectivity index (χ0) is 13.4. The molecule has 104 valence electrons. The van der Waals surface area contributed by atoms with Crippen molar-refractivity contribution in [3.8, 4) is 0 Å². The van der Waals surface area contributed by atoms with E-state index in [-0.39, 0.29) is 17.7 Å². The standard InChI is InChI=1S/C14H25NO3/c1-2-3-7-12(16)15-11-14(10-13(17)18)8-5-4-6-9-14/h2-11H2,1H3,(H,15,16)(H,17,18). The van der Waals surface area contributed by atoms with Gasteiger partial charge in [0.05, 0.1) is 6.42 Å². The van der Waals surface area contributed by atoms with E-state index in [1.807, 2.05) is 0 Å². The highest BCUT2D eigenvalue weighted by Gasteiger charge is 2.34. The van der Waals surface area contributed by atoms with Gasteiger partial charge >= 0.3 is 5.97 Å². The van der Waals surface area contributed by atoms with Crippen molar-refractivity contribution in [2.24, 2.45) is 5.41 Å². The lowest BCUT2D eigenvalue weighted by atomic mass is 9.71. The molecule has 0 radical (unpaired) electrons. The van der Waals surface area contributed by atoms with Gasteiger partial charge in [-0.25, -0.2) is 0 Å². The molecule has 1 rings (SSSR count). The molecule has 0 spiro atoms. The van der Waals surface area contributed by atoms with Crippen molar-refractivity contribution in [3.63, 3.8) is 0 Å². The molecule has 4 nitrogen and oxygen atoms in total. The molecule has 0 aromatic carbocycles. The van der Waals surface area contributed by atoms with E-state index in [2.05, 4.69) is 12.2 Å². The molecule has 0 saturated heterocycles. The minimum Gasteiger partial charge on any atom is -0.481 e. The fraction of sp³-hybridized carbons (Fsp3) is 0.857. The summed E-state index contributed by atoms with van der Waals surface area (Å²) in [6.45, 7) is 2.59. The van der Waals surface area contributed by atoms with Crippen LogP contribution in [0.5, 0.6) is 0 Å². The SMILES string of the molecule is CCCCC(=O)NCC1(CC(=O)O)CCCCC1. The van der Waals surface area contributed by atoms with E-state index in [0.29, 0.717) is 13.0 Å². The molecule has 1 aliphatic rings. The molecular formula is C14H25NO3. The molecule has 0 unspecified atom stereocenters. The average molecular weight is 255 g/mol. The third-order valence-corrected chi connectivity index (χ3v) is 3.86. The van der Waals surface area contributed by atoms with Gasteiger partial charge in [0.1, 0.15) is 0 Å².